The van der Waals surface area contributed by atoms with Gasteiger partial charge in [0.15, 0.2) is 5.78 Å². The van der Waals surface area contributed by atoms with Crippen LogP contribution in [0.1, 0.15) is 57.8 Å². The van der Waals surface area contributed by atoms with Crippen molar-refractivity contribution in [3.05, 3.63) is 0 Å². The van der Waals surface area contributed by atoms with Gasteiger partial charge < -0.3 is 4.74 Å². The molecule has 1 aliphatic heterocycles. The van der Waals surface area contributed by atoms with Crippen molar-refractivity contribution in [2.45, 2.75) is 63.4 Å². The molecule has 0 aromatic rings. The first-order chi connectivity index (χ1) is 7.29. The SMILES string of the molecule is O=C1CCCC2(CCCC2)C12CCCO2. The minimum Gasteiger partial charge on any atom is -0.367 e. The standard InChI is InChI=1S/C13H20O2/c14-11-5-3-8-12(6-1-2-7-12)13(11)9-4-10-15-13/h1-10H2. The van der Waals surface area contributed by atoms with Crippen molar-refractivity contribution in [1.82, 2.24) is 0 Å². The second-order valence-electron chi connectivity index (χ2n) is 5.54. The van der Waals surface area contributed by atoms with Gasteiger partial charge in [0, 0.05) is 18.4 Å². The van der Waals surface area contributed by atoms with Crippen LogP contribution in [0.15, 0.2) is 0 Å². The Morgan fingerprint density at radius 2 is 1.67 bits per heavy atom. The van der Waals surface area contributed by atoms with E-state index in [0.29, 0.717) is 5.78 Å². The number of ether oxygens (including phenoxy) is 1. The summed E-state index contributed by atoms with van der Waals surface area (Å²) >= 11 is 0. The topological polar surface area (TPSA) is 26.3 Å². The zero-order valence-electron chi connectivity index (χ0n) is 9.39. The van der Waals surface area contributed by atoms with Crippen molar-refractivity contribution in [2.75, 3.05) is 6.61 Å². The van der Waals surface area contributed by atoms with E-state index in [1.165, 1.54) is 32.1 Å². The molecule has 1 atom stereocenters. The molecule has 0 aromatic carbocycles. The van der Waals surface area contributed by atoms with Gasteiger partial charge in [0.25, 0.3) is 0 Å². The average molecular weight is 208 g/mol. The van der Waals surface area contributed by atoms with Crippen LogP contribution in [0.5, 0.6) is 0 Å². The fraction of sp³-hybridized carbons (Fsp3) is 0.923. The molecule has 84 valence electrons. The minimum absolute atomic E-state index is 0.249. The van der Waals surface area contributed by atoms with Crippen LogP contribution in [-0.2, 0) is 9.53 Å². The maximum absolute atomic E-state index is 12.3. The number of ketones is 1. The Kier molecular flexibility index (Phi) is 2.17. The van der Waals surface area contributed by atoms with Gasteiger partial charge in [-0.05, 0) is 38.5 Å². The number of fused-ring (bicyclic) bond motifs is 1. The summed E-state index contributed by atoms with van der Waals surface area (Å²) in [6, 6.07) is 0. The van der Waals surface area contributed by atoms with E-state index < -0.39 is 0 Å². The van der Waals surface area contributed by atoms with Gasteiger partial charge in [0.1, 0.15) is 5.60 Å². The Hall–Kier alpha value is -0.370. The lowest BCUT2D eigenvalue weighted by Crippen LogP contribution is -2.55. The number of hydrogen-bond acceptors (Lipinski definition) is 2. The molecule has 2 spiro atoms. The van der Waals surface area contributed by atoms with Crippen LogP contribution in [0.3, 0.4) is 0 Å². The van der Waals surface area contributed by atoms with Crippen LogP contribution in [0.4, 0.5) is 0 Å². The molecule has 15 heavy (non-hydrogen) atoms. The van der Waals surface area contributed by atoms with Gasteiger partial charge in [-0.2, -0.15) is 0 Å². The number of Topliss-reactive ketones (excluding diaryl/α,β-unsaturated/α-hetero) is 1. The highest BCUT2D eigenvalue weighted by Crippen LogP contribution is 2.58. The second kappa shape index (κ2) is 3.31. The van der Waals surface area contributed by atoms with E-state index in [1.807, 2.05) is 0 Å². The molecular formula is C13H20O2. The van der Waals surface area contributed by atoms with Crippen LogP contribution in [-0.4, -0.2) is 18.0 Å². The van der Waals surface area contributed by atoms with Crippen LogP contribution in [0, 0.1) is 5.41 Å². The van der Waals surface area contributed by atoms with Gasteiger partial charge >= 0.3 is 0 Å². The van der Waals surface area contributed by atoms with Crippen LogP contribution in [0.25, 0.3) is 0 Å². The Bertz CT molecular complexity index is 270. The highest BCUT2D eigenvalue weighted by molar-refractivity contribution is 5.89. The van der Waals surface area contributed by atoms with E-state index >= 15 is 0 Å². The van der Waals surface area contributed by atoms with E-state index in [1.54, 1.807) is 0 Å². The first-order valence-electron chi connectivity index (χ1n) is 6.46. The molecule has 2 aliphatic carbocycles. The molecule has 2 nitrogen and oxygen atoms in total. The summed E-state index contributed by atoms with van der Waals surface area (Å²) in [5.74, 6) is 0.424. The average Bonchev–Trinajstić information content (AvgIpc) is 2.84. The Labute approximate surface area is 91.4 Å². The highest BCUT2D eigenvalue weighted by Gasteiger charge is 2.60. The number of rotatable bonds is 0. The monoisotopic (exact) mass is 208 g/mol. The summed E-state index contributed by atoms with van der Waals surface area (Å²) in [6.45, 7) is 0.813. The number of hydrogen-bond donors (Lipinski definition) is 0. The summed E-state index contributed by atoms with van der Waals surface area (Å²) in [4.78, 5) is 12.3. The normalized spacial score (nSPS) is 39.3. The molecule has 0 bridgehead atoms. The molecule has 1 heterocycles. The molecule has 1 unspecified atom stereocenters. The van der Waals surface area contributed by atoms with E-state index in [2.05, 4.69) is 0 Å². The van der Waals surface area contributed by atoms with Crippen LogP contribution < -0.4 is 0 Å². The van der Waals surface area contributed by atoms with Gasteiger partial charge in [0.05, 0.1) is 0 Å². The lowest BCUT2D eigenvalue weighted by molar-refractivity contribution is -0.165. The van der Waals surface area contributed by atoms with Crippen molar-refractivity contribution in [2.24, 2.45) is 5.41 Å². The predicted molar refractivity (Wildman–Crippen MR) is 57.7 cm³/mol. The summed E-state index contributed by atoms with van der Waals surface area (Å²) in [7, 11) is 0. The third-order valence-electron chi connectivity index (χ3n) is 4.95. The fourth-order valence-electron chi connectivity index (χ4n) is 4.27. The Morgan fingerprint density at radius 1 is 0.933 bits per heavy atom. The Balaban J connectivity index is 2.00. The van der Waals surface area contributed by atoms with Gasteiger partial charge in [-0.1, -0.05) is 12.8 Å². The Morgan fingerprint density at radius 3 is 2.33 bits per heavy atom. The lowest BCUT2D eigenvalue weighted by Gasteiger charge is -2.48. The molecule has 0 radical (unpaired) electrons. The van der Waals surface area contributed by atoms with Crippen LogP contribution >= 0.6 is 0 Å². The predicted octanol–water partition coefficient (Wildman–Crippen LogP) is 2.85. The zero-order valence-corrected chi connectivity index (χ0v) is 9.39. The molecule has 0 aromatic heterocycles. The molecule has 2 heteroatoms. The van der Waals surface area contributed by atoms with Crippen LogP contribution in [0.2, 0.25) is 0 Å². The van der Waals surface area contributed by atoms with E-state index in [9.17, 15) is 4.79 Å². The first kappa shape index (κ1) is 9.83. The maximum Gasteiger partial charge on any atom is 0.165 e. The fourth-order valence-corrected chi connectivity index (χ4v) is 4.27. The molecule has 0 N–H and O–H groups in total. The summed E-state index contributed by atoms with van der Waals surface area (Å²) in [6.07, 6.45) is 10.3. The largest absolute Gasteiger partial charge is 0.367 e. The second-order valence-corrected chi connectivity index (χ2v) is 5.54. The van der Waals surface area contributed by atoms with Crippen molar-refractivity contribution in [1.29, 1.82) is 0 Å². The summed E-state index contributed by atoms with van der Waals surface area (Å²) < 4.78 is 5.98. The molecule has 0 amide bonds. The van der Waals surface area contributed by atoms with Gasteiger partial charge in [-0.25, -0.2) is 0 Å². The van der Waals surface area contributed by atoms with E-state index in [-0.39, 0.29) is 11.0 Å². The van der Waals surface area contributed by atoms with Crippen molar-refractivity contribution in [3.8, 4) is 0 Å². The van der Waals surface area contributed by atoms with Crippen molar-refractivity contribution in [3.63, 3.8) is 0 Å². The molecule has 3 fully saturated rings. The van der Waals surface area contributed by atoms with E-state index in [4.69, 9.17) is 4.74 Å². The maximum atomic E-state index is 12.3. The molecule has 2 saturated carbocycles. The smallest absolute Gasteiger partial charge is 0.165 e. The summed E-state index contributed by atoms with van der Waals surface area (Å²) in [5, 5.41) is 0. The highest BCUT2D eigenvalue weighted by atomic mass is 16.5. The quantitative estimate of drug-likeness (QED) is 0.612. The van der Waals surface area contributed by atoms with Crippen molar-refractivity contribution >= 4 is 5.78 Å². The number of carbonyl (C=O) groups is 1. The third-order valence-corrected chi connectivity index (χ3v) is 4.95. The summed E-state index contributed by atoms with van der Waals surface area (Å²) in [5.41, 5.74) is -0.0828. The lowest BCUT2D eigenvalue weighted by atomic mass is 9.60. The first-order valence-corrected chi connectivity index (χ1v) is 6.46. The molecule has 3 rings (SSSR count). The van der Waals surface area contributed by atoms with Gasteiger partial charge in [0.2, 0.25) is 0 Å². The van der Waals surface area contributed by atoms with Gasteiger partial charge in [-0.3, -0.25) is 4.79 Å². The van der Waals surface area contributed by atoms with Crippen molar-refractivity contribution < 1.29 is 9.53 Å². The number of carbonyl (C=O) groups excluding carboxylic acids is 1. The molecule has 3 aliphatic rings. The molecular weight excluding hydrogens is 188 g/mol. The van der Waals surface area contributed by atoms with E-state index in [0.717, 1.165) is 32.3 Å². The zero-order chi connectivity index (χ0) is 10.4. The third kappa shape index (κ3) is 1.17. The van der Waals surface area contributed by atoms with Gasteiger partial charge in [-0.15, -0.1) is 0 Å². The minimum atomic E-state index is -0.332. The molecule has 1 saturated heterocycles.